The minimum atomic E-state index is -0.274. The molecule has 0 aromatic carbocycles. The Bertz CT molecular complexity index is 344. The summed E-state index contributed by atoms with van der Waals surface area (Å²) in [5.41, 5.74) is 0. The molecule has 0 heterocycles. The van der Waals surface area contributed by atoms with Crippen LogP contribution < -0.4 is 5.32 Å². The third-order valence-corrected chi connectivity index (χ3v) is 4.74. The lowest BCUT2D eigenvalue weighted by Crippen LogP contribution is -2.36. The standard InChI is InChI=1S/C19H35NO3/c1-2-3-4-5-6-7-8-10-16(21)15-17(22)13-14-20-18-11-9-12-19(18)23/h18-20,23H,2-15H2,1H3/t18-,19-/m0/s1. The maximum Gasteiger partial charge on any atom is 0.141 e. The number of carbonyl (C=O) groups excluding carboxylic acids is 2. The van der Waals surface area contributed by atoms with Gasteiger partial charge in [0.15, 0.2) is 0 Å². The summed E-state index contributed by atoms with van der Waals surface area (Å²) in [5, 5.41) is 12.9. The number of nitrogens with one attached hydrogen (secondary N) is 1. The highest BCUT2D eigenvalue weighted by molar-refractivity contribution is 5.99. The highest BCUT2D eigenvalue weighted by Crippen LogP contribution is 2.18. The number of Topliss-reactive ketones (excluding diaryl/α,β-unsaturated/α-hetero) is 2. The number of hydrogen-bond donors (Lipinski definition) is 2. The lowest BCUT2D eigenvalue weighted by molar-refractivity contribution is -0.127. The van der Waals surface area contributed by atoms with E-state index in [0.29, 0.717) is 19.4 Å². The van der Waals surface area contributed by atoms with Crippen LogP contribution in [0.4, 0.5) is 0 Å². The molecule has 1 fully saturated rings. The molecule has 0 amide bonds. The zero-order valence-corrected chi connectivity index (χ0v) is 14.8. The van der Waals surface area contributed by atoms with Crippen molar-refractivity contribution in [2.45, 2.75) is 103 Å². The van der Waals surface area contributed by atoms with Gasteiger partial charge in [-0.25, -0.2) is 0 Å². The Morgan fingerprint density at radius 1 is 0.957 bits per heavy atom. The molecular formula is C19H35NO3. The number of carbonyl (C=O) groups is 2. The maximum absolute atomic E-state index is 11.8. The van der Waals surface area contributed by atoms with Crippen LogP contribution >= 0.6 is 0 Å². The molecule has 2 atom stereocenters. The van der Waals surface area contributed by atoms with Crippen molar-refractivity contribution in [1.82, 2.24) is 5.32 Å². The SMILES string of the molecule is CCCCCCCCCC(=O)CC(=O)CCN[C@H]1CCC[C@@H]1O. The van der Waals surface area contributed by atoms with E-state index >= 15 is 0 Å². The van der Waals surface area contributed by atoms with E-state index in [1.165, 1.54) is 32.1 Å². The Balaban J connectivity index is 1.95. The summed E-state index contributed by atoms with van der Waals surface area (Å²) >= 11 is 0. The molecule has 4 heteroatoms. The van der Waals surface area contributed by atoms with Gasteiger partial charge < -0.3 is 10.4 Å². The van der Waals surface area contributed by atoms with Gasteiger partial charge in [0.1, 0.15) is 11.6 Å². The Morgan fingerprint density at radius 2 is 1.61 bits per heavy atom. The number of rotatable bonds is 14. The fraction of sp³-hybridized carbons (Fsp3) is 0.895. The zero-order chi connectivity index (χ0) is 16.9. The fourth-order valence-electron chi connectivity index (χ4n) is 3.25. The number of unbranched alkanes of at least 4 members (excludes halogenated alkanes) is 6. The van der Waals surface area contributed by atoms with E-state index in [-0.39, 0.29) is 30.1 Å². The second-order valence-electron chi connectivity index (χ2n) is 6.93. The minimum absolute atomic E-state index is 0.0259. The maximum atomic E-state index is 11.8. The predicted molar refractivity (Wildman–Crippen MR) is 93.5 cm³/mol. The van der Waals surface area contributed by atoms with Crippen molar-refractivity contribution in [1.29, 1.82) is 0 Å². The van der Waals surface area contributed by atoms with Gasteiger partial charge in [-0.2, -0.15) is 0 Å². The normalized spacial score (nSPS) is 20.8. The predicted octanol–water partition coefficient (Wildman–Crippen LogP) is 3.55. The number of hydrogen-bond acceptors (Lipinski definition) is 4. The van der Waals surface area contributed by atoms with Gasteiger partial charge in [-0.3, -0.25) is 9.59 Å². The molecule has 1 saturated carbocycles. The number of aliphatic hydroxyl groups is 1. The van der Waals surface area contributed by atoms with Crippen LogP contribution in [0, 0.1) is 0 Å². The van der Waals surface area contributed by atoms with Crippen LogP contribution in [-0.4, -0.2) is 35.4 Å². The topological polar surface area (TPSA) is 66.4 Å². The molecule has 0 aromatic heterocycles. The first kappa shape index (κ1) is 20.3. The molecule has 1 aliphatic rings. The van der Waals surface area contributed by atoms with Crippen LogP contribution in [0.5, 0.6) is 0 Å². The molecule has 0 aromatic rings. The molecule has 1 rings (SSSR count). The Morgan fingerprint density at radius 3 is 2.26 bits per heavy atom. The van der Waals surface area contributed by atoms with E-state index < -0.39 is 0 Å². The average molecular weight is 325 g/mol. The molecule has 0 unspecified atom stereocenters. The van der Waals surface area contributed by atoms with Gasteiger partial charge in [0.05, 0.1) is 12.5 Å². The molecule has 0 radical (unpaired) electrons. The van der Waals surface area contributed by atoms with Crippen molar-refractivity contribution in [3.63, 3.8) is 0 Å². The Labute approximate surface area is 141 Å². The van der Waals surface area contributed by atoms with Crippen LogP contribution in [-0.2, 0) is 9.59 Å². The highest BCUT2D eigenvalue weighted by Gasteiger charge is 2.24. The van der Waals surface area contributed by atoms with Crippen molar-refractivity contribution in [3.8, 4) is 0 Å². The third-order valence-electron chi connectivity index (χ3n) is 4.74. The molecule has 2 N–H and O–H groups in total. The second kappa shape index (κ2) is 12.7. The largest absolute Gasteiger partial charge is 0.392 e. The van der Waals surface area contributed by atoms with Crippen molar-refractivity contribution in [2.24, 2.45) is 0 Å². The van der Waals surface area contributed by atoms with E-state index in [2.05, 4.69) is 12.2 Å². The summed E-state index contributed by atoms with van der Waals surface area (Å²) in [4.78, 5) is 23.6. The Hall–Kier alpha value is -0.740. The average Bonchev–Trinajstić information content (AvgIpc) is 2.92. The highest BCUT2D eigenvalue weighted by atomic mass is 16.3. The lowest BCUT2D eigenvalue weighted by atomic mass is 10.0. The lowest BCUT2D eigenvalue weighted by Gasteiger charge is -2.15. The van der Waals surface area contributed by atoms with Gasteiger partial charge in [0.2, 0.25) is 0 Å². The van der Waals surface area contributed by atoms with Gasteiger partial charge in [0.25, 0.3) is 0 Å². The first-order valence-corrected chi connectivity index (χ1v) is 9.58. The summed E-state index contributed by atoms with van der Waals surface area (Å²) in [7, 11) is 0. The fourth-order valence-corrected chi connectivity index (χ4v) is 3.25. The van der Waals surface area contributed by atoms with Crippen LogP contribution in [0.2, 0.25) is 0 Å². The van der Waals surface area contributed by atoms with E-state index in [0.717, 1.165) is 32.1 Å². The quantitative estimate of drug-likeness (QED) is 0.379. The molecule has 0 saturated heterocycles. The molecule has 0 bridgehead atoms. The van der Waals surface area contributed by atoms with Crippen LogP contribution in [0.15, 0.2) is 0 Å². The van der Waals surface area contributed by atoms with Crippen molar-refractivity contribution in [3.05, 3.63) is 0 Å². The van der Waals surface area contributed by atoms with E-state index in [1.807, 2.05) is 0 Å². The first-order chi connectivity index (χ1) is 11.1. The molecule has 1 aliphatic carbocycles. The van der Waals surface area contributed by atoms with Gasteiger partial charge in [0, 0.05) is 25.4 Å². The van der Waals surface area contributed by atoms with Gasteiger partial charge in [-0.15, -0.1) is 0 Å². The molecule has 134 valence electrons. The summed E-state index contributed by atoms with van der Waals surface area (Å²) in [6.45, 7) is 2.78. The van der Waals surface area contributed by atoms with Gasteiger partial charge >= 0.3 is 0 Å². The van der Waals surface area contributed by atoms with E-state index in [1.54, 1.807) is 0 Å². The smallest absolute Gasteiger partial charge is 0.141 e. The van der Waals surface area contributed by atoms with Crippen molar-refractivity contribution in [2.75, 3.05) is 6.54 Å². The van der Waals surface area contributed by atoms with E-state index in [9.17, 15) is 14.7 Å². The van der Waals surface area contributed by atoms with Crippen LogP contribution in [0.3, 0.4) is 0 Å². The Kier molecular flexibility index (Phi) is 11.2. The summed E-state index contributed by atoms with van der Waals surface area (Å²) in [6, 6.07) is 0.131. The monoisotopic (exact) mass is 325 g/mol. The van der Waals surface area contributed by atoms with Crippen LogP contribution in [0.1, 0.15) is 90.4 Å². The summed E-state index contributed by atoms with van der Waals surface area (Å²) in [6.07, 6.45) is 12.0. The molecule has 0 aliphatic heterocycles. The van der Waals surface area contributed by atoms with E-state index in [4.69, 9.17) is 0 Å². The summed E-state index contributed by atoms with van der Waals surface area (Å²) < 4.78 is 0. The molecular weight excluding hydrogens is 290 g/mol. The molecule has 0 spiro atoms. The van der Waals surface area contributed by atoms with Crippen molar-refractivity contribution >= 4 is 11.6 Å². The third kappa shape index (κ3) is 9.87. The molecule has 23 heavy (non-hydrogen) atoms. The number of ketones is 2. The number of aliphatic hydroxyl groups excluding tert-OH is 1. The minimum Gasteiger partial charge on any atom is -0.392 e. The first-order valence-electron chi connectivity index (χ1n) is 9.58. The summed E-state index contributed by atoms with van der Waals surface area (Å²) in [5.74, 6) is 0.113. The van der Waals surface area contributed by atoms with Crippen LogP contribution in [0.25, 0.3) is 0 Å². The van der Waals surface area contributed by atoms with Crippen molar-refractivity contribution < 1.29 is 14.7 Å². The van der Waals surface area contributed by atoms with Gasteiger partial charge in [-0.1, -0.05) is 45.4 Å². The molecule has 4 nitrogen and oxygen atoms in total. The van der Waals surface area contributed by atoms with Gasteiger partial charge in [-0.05, 0) is 25.7 Å². The second-order valence-corrected chi connectivity index (χ2v) is 6.93. The zero-order valence-electron chi connectivity index (χ0n) is 14.8.